The van der Waals surface area contributed by atoms with Crippen molar-refractivity contribution in [3.8, 4) is 6.07 Å². The van der Waals surface area contributed by atoms with E-state index in [1.54, 1.807) is 30.3 Å². The van der Waals surface area contributed by atoms with E-state index in [9.17, 15) is 14.4 Å². The second kappa shape index (κ2) is 11.7. The van der Waals surface area contributed by atoms with E-state index >= 15 is 0 Å². The van der Waals surface area contributed by atoms with Crippen LogP contribution in [0.2, 0.25) is 0 Å². The molecule has 198 valence electrons. The smallest absolute Gasteiger partial charge is 0.255 e. The van der Waals surface area contributed by atoms with Crippen molar-refractivity contribution < 1.29 is 14.4 Å². The van der Waals surface area contributed by atoms with Crippen LogP contribution < -0.4 is 15.5 Å². The SMILES string of the molecule is N#Cc1ccc(C(=O)Nc2cc(C(=O)N3CCCNCC3)ccc2N2CCN(C(=O)C3CCC3)CC2)cc1. The standard InChI is InChI=1S/C29H34N6O3/c30-20-21-5-7-22(8-6-21)27(36)32-25-19-24(29(38)34-13-2-11-31-12-14-34)9-10-26(25)33-15-17-35(18-16-33)28(37)23-3-1-4-23/h5-10,19,23,31H,1-4,11-18H2,(H,32,36). The Bertz CT molecular complexity index is 1220. The quantitative estimate of drug-likeness (QED) is 0.635. The number of nitriles is 1. The summed E-state index contributed by atoms with van der Waals surface area (Å²) in [5.41, 5.74) is 2.84. The molecule has 3 aliphatic rings. The molecule has 9 heteroatoms. The molecule has 0 bridgehead atoms. The van der Waals surface area contributed by atoms with E-state index in [1.165, 1.54) is 0 Å². The third-order valence-electron chi connectivity index (χ3n) is 7.78. The van der Waals surface area contributed by atoms with Crippen LogP contribution in [0.4, 0.5) is 11.4 Å². The third kappa shape index (κ3) is 5.65. The first-order chi connectivity index (χ1) is 18.5. The van der Waals surface area contributed by atoms with Crippen molar-refractivity contribution >= 4 is 29.1 Å². The summed E-state index contributed by atoms with van der Waals surface area (Å²) >= 11 is 0. The first-order valence-corrected chi connectivity index (χ1v) is 13.5. The average Bonchev–Trinajstić information content (AvgIpc) is 3.21. The van der Waals surface area contributed by atoms with Gasteiger partial charge in [0.05, 0.1) is 23.0 Å². The zero-order chi connectivity index (χ0) is 26.5. The first-order valence-electron chi connectivity index (χ1n) is 13.5. The summed E-state index contributed by atoms with van der Waals surface area (Å²) < 4.78 is 0. The highest BCUT2D eigenvalue weighted by molar-refractivity contribution is 6.07. The maximum atomic E-state index is 13.3. The van der Waals surface area contributed by atoms with E-state index in [0.29, 0.717) is 61.6 Å². The van der Waals surface area contributed by atoms with Gasteiger partial charge < -0.3 is 25.3 Å². The minimum Gasteiger partial charge on any atom is -0.366 e. The molecule has 9 nitrogen and oxygen atoms in total. The summed E-state index contributed by atoms with van der Waals surface area (Å²) in [4.78, 5) is 45.2. The molecule has 1 aliphatic carbocycles. The molecular formula is C29H34N6O3. The topological polar surface area (TPSA) is 109 Å². The van der Waals surface area contributed by atoms with Gasteiger partial charge in [0.1, 0.15) is 0 Å². The molecule has 5 rings (SSSR count). The fraction of sp³-hybridized carbons (Fsp3) is 0.448. The second-order valence-corrected chi connectivity index (χ2v) is 10.2. The van der Waals surface area contributed by atoms with Gasteiger partial charge in [0.15, 0.2) is 0 Å². The summed E-state index contributed by atoms with van der Waals surface area (Å²) in [7, 11) is 0. The third-order valence-corrected chi connectivity index (χ3v) is 7.78. The van der Waals surface area contributed by atoms with Crippen LogP contribution in [0.15, 0.2) is 42.5 Å². The van der Waals surface area contributed by atoms with Gasteiger partial charge in [-0.05, 0) is 68.3 Å². The van der Waals surface area contributed by atoms with Gasteiger partial charge in [0, 0.05) is 62.9 Å². The number of nitrogens with zero attached hydrogens (tertiary/aromatic N) is 4. The zero-order valence-corrected chi connectivity index (χ0v) is 21.6. The monoisotopic (exact) mass is 514 g/mol. The molecule has 3 amide bonds. The fourth-order valence-electron chi connectivity index (χ4n) is 5.25. The van der Waals surface area contributed by atoms with Gasteiger partial charge in [0.2, 0.25) is 5.91 Å². The lowest BCUT2D eigenvalue weighted by Crippen LogP contribution is -2.51. The molecule has 3 fully saturated rings. The largest absolute Gasteiger partial charge is 0.366 e. The predicted octanol–water partition coefficient (Wildman–Crippen LogP) is 2.69. The minimum atomic E-state index is -0.307. The van der Waals surface area contributed by atoms with Crippen molar-refractivity contribution in [3.63, 3.8) is 0 Å². The van der Waals surface area contributed by atoms with E-state index < -0.39 is 0 Å². The Balaban J connectivity index is 1.37. The second-order valence-electron chi connectivity index (χ2n) is 10.2. The molecule has 2 aromatic carbocycles. The summed E-state index contributed by atoms with van der Waals surface area (Å²) in [5.74, 6) is 0.0876. The maximum absolute atomic E-state index is 13.3. The molecule has 2 aliphatic heterocycles. The van der Waals surface area contributed by atoms with Crippen LogP contribution in [-0.4, -0.2) is 79.9 Å². The number of piperazine rings is 1. The molecule has 2 saturated heterocycles. The minimum absolute atomic E-state index is 0.0509. The molecule has 2 aromatic rings. The molecule has 38 heavy (non-hydrogen) atoms. The van der Waals surface area contributed by atoms with Crippen LogP contribution >= 0.6 is 0 Å². The highest BCUT2D eigenvalue weighted by Crippen LogP contribution is 2.32. The predicted molar refractivity (Wildman–Crippen MR) is 145 cm³/mol. The van der Waals surface area contributed by atoms with Crippen molar-refractivity contribution in [2.75, 3.05) is 62.6 Å². The molecular weight excluding hydrogens is 480 g/mol. The maximum Gasteiger partial charge on any atom is 0.255 e. The molecule has 2 heterocycles. The Morgan fingerprint density at radius 1 is 0.842 bits per heavy atom. The molecule has 0 spiro atoms. The average molecular weight is 515 g/mol. The van der Waals surface area contributed by atoms with Crippen LogP contribution in [0.3, 0.4) is 0 Å². The number of carbonyl (C=O) groups excluding carboxylic acids is 3. The van der Waals surface area contributed by atoms with Gasteiger partial charge in [0.25, 0.3) is 11.8 Å². The van der Waals surface area contributed by atoms with Gasteiger partial charge in [-0.15, -0.1) is 0 Å². The highest BCUT2D eigenvalue weighted by atomic mass is 16.2. The summed E-state index contributed by atoms with van der Waals surface area (Å²) in [6, 6.07) is 14.0. The Morgan fingerprint density at radius 2 is 1.58 bits per heavy atom. The van der Waals surface area contributed by atoms with Crippen LogP contribution in [0.5, 0.6) is 0 Å². The number of carbonyl (C=O) groups is 3. The first kappa shape index (κ1) is 25.7. The lowest BCUT2D eigenvalue weighted by atomic mass is 9.84. The highest BCUT2D eigenvalue weighted by Gasteiger charge is 2.32. The molecule has 1 saturated carbocycles. The zero-order valence-electron chi connectivity index (χ0n) is 21.6. The number of benzene rings is 2. The van der Waals surface area contributed by atoms with Crippen molar-refractivity contribution in [2.45, 2.75) is 25.7 Å². The Morgan fingerprint density at radius 3 is 2.26 bits per heavy atom. The van der Waals surface area contributed by atoms with E-state index in [0.717, 1.165) is 44.5 Å². The number of nitrogens with one attached hydrogen (secondary N) is 2. The van der Waals surface area contributed by atoms with E-state index in [4.69, 9.17) is 5.26 Å². The Hall–Kier alpha value is -3.90. The lowest BCUT2D eigenvalue weighted by Gasteiger charge is -2.39. The normalized spacial score (nSPS) is 18.2. The fourth-order valence-corrected chi connectivity index (χ4v) is 5.25. The van der Waals surface area contributed by atoms with Gasteiger partial charge in [-0.25, -0.2) is 0 Å². The molecule has 2 N–H and O–H groups in total. The summed E-state index contributed by atoms with van der Waals surface area (Å²) in [6.07, 6.45) is 4.02. The summed E-state index contributed by atoms with van der Waals surface area (Å²) in [5, 5.41) is 15.4. The van der Waals surface area contributed by atoms with Crippen molar-refractivity contribution in [1.29, 1.82) is 5.26 Å². The van der Waals surface area contributed by atoms with Gasteiger partial charge in [-0.1, -0.05) is 6.42 Å². The molecule has 0 atom stereocenters. The van der Waals surface area contributed by atoms with Gasteiger partial charge in [-0.2, -0.15) is 5.26 Å². The van der Waals surface area contributed by atoms with E-state index in [-0.39, 0.29) is 23.6 Å². The van der Waals surface area contributed by atoms with Crippen LogP contribution in [0.25, 0.3) is 0 Å². The van der Waals surface area contributed by atoms with Crippen molar-refractivity contribution in [3.05, 3.63) is 59.2 Å². The number of hydrogen-bond acceptors (Lipinski definition) is 6. The van der Waals surface area contributed by atoms with E-state index in [2.05, 4.69) is 21.6 Å². The number of rotatable bonds is 5. The lowest BCUT2D eigenvalue weighted by molar-refractivity contribution is -0.138. The molecule has 0 radical (unpaired) electrons. The van der Waals surface area contributed by atoms with E-state index in [1.807, 2.05) is 21.9 Å². The Kier molecular flexibility index (Phi) is 7.89. The summed E-state index contributed by atoms with van der Waals surface area (Å²) in [6.45, 7) is 5.58. The number of amides is 3. The van der Waals surface area contributed by atoms with Crippen LogP contribution in [-0.2, 0) is 4.79 Å². The van der Waals surface area contributed by atoms with Crippen molar-refractivity contribution in [2.24, 2.45) is 5.92 Å². The van der Waals surface area contributed by atoms with Crippen LogP contribution in [0, 0.1) is 17.2 Å². The van der Waals surface area contributed by atoms with Gasteiger partial charge in [-0.3, -0.25) is 14.4 Å². The molecule has 0 aromatic heterocycles. The van der Waals surface area contributed by atoms with Gasteiger partial charge >= 0.3 is 0 Å². The number of hydrogen-bond donors (Lipinski definition) is 2. The Labute approximate surface area is 223 Å². The number of anilines is 2. The van der Waals surface area contributed by atoms with Crippen molar-refractivity contribution in [1.82, 2.24) is 15.1 Å². The molecule has 0 unspecified atom stereocenters. The van der Waals surface area contributed by atoms with Crippen LogP contribution in [0.1, 0.15) is 52.0 Å².